The van der Waals surface area contributed by atoms with E-state index in [1.165, 1.54) is 34.0 Å². The van der Waals surface area contributed by atoms with Crippen LogP contribution in [0.2, 0.25) is 0 Å². The minimum Gasteiger partial charge on any atom is -0.453 e. The van der Waals surface area contributed by atoms with Gasteiger partial charge in [0.05, 0.1) is 22.3 Å². The number of halogens is 3. The van der Waals surface area contributed by atoms with Crippen LogP contribution < -0.4 is 30.1 Å². The number of ether oxygens (including phenoxy) is 1. The van der Waals surface area contributed by atoms with Crippen molar-refractivity contribution >= 4 is 55.9 Å². The van der Waals surface area contributed by atoms with E-state index in [1.807, 2.05) is 24.3 Å². The molecule has 0 radical (unpaired) electrons. The number of hydrogen-bond acceptors (Lipinski definition) is 12. The lowest BCUT2D eigenvalue weighted by Gasteiger charge is -2.43. The Morgan fingerprint density at radius 3 is 2.30 bits per heavy atom. The number of nitrogens with zero attached hydrogens (tertiary/aromatic N) is 8. The zero-order chi connectivity index (χ0) is 48.2. The summed E-state index contributed by atoms with van der Waals surface area (Å²) in [5.41, 5.74) is 1.56. The number of carbonyl (C=O) groups is 3. The molecule has 1 aromatic heterocycles. The molecule has 0 spiro atoms. The fourth-order valence-corrected chi connectivity index (χ4v) is 11.2. The molecule has 21 heteroatoms. The highest BCUT2D eigenvalue weighted by molar-refractivity contribution is 7.90. The quantitative estimate of drug-likeness (QED) is 0.173. The predicted molar refractivity (Wildman–Crippen MR) is 249 cm³/mol. The molecule has 5 aromatic rings. The van der Waals surface area contributed by atoms with E-state index >= 15 is 8.78 Å². The van der Waals surface area contributed by atoms with Crippen molar-refractivity contribution in [3.05, 3.63) is 112 Å². The van der Waals surface area contributed by atoms with Gasteiger partial charge in [-0.25, -0.2) is 18.2 Å². The fraction of sp³-hybridized carbons (Fsp3) is 0.375. The molecule has 0 bridgehead atoms. The number of nitrogens with one attached hydrogen (secondary N) is 2. The number of piperidine rings is 2. The molecule has 358 valence electrons. The molecule has 2 N–H and O–H groups in total. The van der Waals surface area contributed by atoms with Crippen molar-refractivity contribution in [3.8, 4) is 23.3 Å². The molecule has 10 rings (SSSR count). The third kappa shape index (κ3) is 9.06. The van der Waals surface area contributed by atoms with E-state index in [1.54, 1.807) is 24.3 Å². The molecule has 0 unspecified atom stereocenters. The summed E-state index contributed by atoms with van der Waals surface area (Å²) >= 11 is 0. The van der Waals surface area contributed by atoms with Crippen LogP contribution in [0.4, 0.5) is 30.2 Å². The Morgan fingerprint density at radius 2 is 1.59 bits per heavy atom. The van der Waals surface area contributed by atoms with E-state index in [0.29, 0.717) is 81.8 Å². The smallest absolute Gasteiger partial charge is 0.301 e. The fourth-order valence-electron chi connectivity index (χ4n) is 9.90. The molecule has 0 saturated carbocycles. The summed E-state index contributed by atoms with van der Waals surface area (Å²) in [6.45, 7) is 3.93. The van der Waals surface area contributed by atoms with E-state index < -0.39 is 56.7 Å². The van der Waals surface area contributed by atoms with Crippen LogP contribution in [0.1, 0.15) is 53.6 Å². The van der Waals surface area contributed by atoms with Crippen molar-refractivity contribution in [2.75, 3.05) is 73.4 Å². The first-order chi connectivity index (χ1) is 33.1. The second-order valence-corrected chi connectivity index (χ2v) is 19.8. The normalized spacial score (nSPS) is 21.1. The number of benzene rings is 4. The summed E-state index contributed by atoms with van der Waals surface area (Å²) in [5.74, 6) is -2.53. The van der Waals surface area contributed by atoms with Crippen LogP contribution in [-0.2, 0) is 26.3 Å². The molecule has 17 nitrogen and oxygen atoms in total. The highest BCUT2D eigenvalue weighted by Crippen LogP contribution is 2.37. The van der Waals surface area contributed by atoms with Gasteiger partial charge in [-0.15, -0.1) is 0 Å². The first-order valence-corrected chi connectivity index (χ1v) is 24.2. The van der Waals surface area contributed by atoms with Gasteiger partial charge in [0.1, 0.15) is 41.6 Å². The van der Waals surface area contributed by atoms with Gasteiger partial charge in [0.15, 0.2) is 11.6 Å². The molecule has 69 heavy (non-hydrogen) atoms. The first kappa shape index (κ1) is 45.7. The largest absolute Gasteiger partial charge is 0.453 e. The molecular formula is C48H47F3N10O7S. The zero-order valence-electron chi connectivity index (χ0n) is 37.2. The van der Waals surface area contributed by atoms with Gasteiger partial charge in [0.2, 0.25) is 11.8 Å². The number of hydrogen-bond donors (Lipinski definition) is 2. The van der Waals surface area contributed by atoms with Crippen molar-refractivity contribution in [1.29, 1.82) is 5.26 Å². The molecule has 2 atom stereocenters. The molecule has 5 aliphatic heterocycles. The van der Waals surface area contributed by atoms with Crippen LogP contribution in [0.5, 0.6) is 11.5 Å². The Hall–Kier alpha value is -7.02. The molecule has 0 aliphatic carbocycles. The van der Waals surface area contributed by atoms with Crippen molar-refractivity contribution in [2.24, 2.45) is 0 Å². The average molecular weight is 965 g/mol. The highest BCUT2D eigenvalue weighted by atomic mass is 32.2. The van der Waals surface area contributed by atoms with Gasteiger partial charge >= 0.3 is 10.2 Å². The summed E-state index contributed by atoms with van der Waals surface area (Å²) in [5, 5.41) is 12.4. The molecule has 5 aliphatic rings. The maximum atomic E-state index is 16.4. The minimum absolute atomic E-state index is 0.00887. The van der Waals surface area contributed by atoms with E-state index in [-0.39, 0.29) is 61.1 Å². The third-order valence-electron chi connectivity index (χ3n) is 13.7. The van der Waals surface area contributed by atoms with Gasteiger partial charge in [-0.2, -0.15) is 18.0 Å². The van der Waals surface area contributed by atoms with Gasteiger partial charge in [0.25, 0.3) is 11.5 Å². The lowest BCUT2D eigenvalue weighted by atomic mass is 9.92. The Morgan fingerprint density at radius 1 is 0.870 bits per heavy atom. The van der Waals surface area contributed by atoms with Gasteiger partial charge in [-0.1, -0.05) is 0 Å². The van der Waals surface area contributed by atoms with E-state index in [4.69, 9.17) is 4.74 Å². The molecule has 4 aromatic carbocycles. The van der Waals surface area contributed by atoms with Crippen molar-refractivity contribution in [3.63, 3.8) is 0 Å². The average Bonchev–Trinajstić information content (AvgIpc) is 3.93. The Kier molecular flexibility index (Phi) is 12.0. The van der Waals surface area contributed by atoms with Crippen molar-refractivity contribution in [2.45, 2.75) is 56.5 Å². The summed E-state index contributed by atoms with van der Waals surface area (Å²) in [6.07, 6.45) is 1.31. The number of fused-ring (bicyclic) bond motifs is 2. The van der Waals surface area contributed by atoms with Gasteiger partial charge in [-0.05, 0) is 91.2 Å². The number of anilines is 3. The van der Waals surface area contributed by atoms with Crippen LogP contribution in [0, 0.1) is 17.1 Å². The van der Waals surface area contributed by atoms with Gasteiger partial charge < -0.3 is 19.4 Å². The predicted octanol–water partition coefficient (Wildman–Crippen LogP) is 4.78. The molecule has 6 heterocycles. The van der Waals surface area contributed by atoms with Crippen LogP contribution in [0.15, 0.2) is 83.9 Å². The topological polar surface area (TPSA) is 194 Å². The molecule has 3 amide bonds. The number of nitriles is 1. The minimum atomic E-state index is -4.25. The standard InChI is InChI=1S/C48H47F3N10O7S/c49-31-13-16-59(27-31)69(66,67)55-41-10-8-39(50)44(38(41)25-52)68-35-6-9-40-37(24-35)47(65)61(29-53-40)33-3-1-32(2-4-33)58-21-19-56(20-22-58)28-48(51)14-17-57(18-15-48)34-5-7-36-30(23-34)26-60(46(36)64)42-11-12-43(62)54-45(42)63/h1-10,23-24,29,31,42,55H,11-22,26-28H2,(H,54,62,63)/t31-,42+/m1/s1. The number of carbonyl (C=O) groups excluding carboxylic acids is 3. The lowest BCUT2D eigenvalue weighted by Crippen LogP contribution is -2.53. The maximum absolute atomic E-state index is 16.4. The van der Waals surface area contributed by atoms with Gasteiger partial charge in [0, 0.05) is 102 Å². The van der Waals surface area contributed by atoms with E-state index in [2.05, 4.69) is 29.7 Å². The summed E-state index contributed by atoms with van der Waals surface area (Å²) in [6, 6.07) is 20.5. The monoisotopic (exact) mass is 964 g/mol. The number of rotatable bonds is 11. The van der Waals surface area contributed by atoms with Gasteiger partial charge in [-0.3, -0.25) is 38.7 Å². The Labute approximate surface area is 394 Å². The van der Waals surface area contributed by atoms with Crippen LogP contribution >= 0.6 is 0 Å². The van der Waals surface area contributed by atoms with Crippen LogP contribution in [0.3, 0.4) is 0 Å². The summed E-state index contributed by atoms with van der Waals surface area (Å²) in [4.78, 5) is 63.6. The Bertz CT molecular complexity index is 3100. The van der Waals surface area contributed by atoms with E-state index in [0.717, 1.165) is 33.4 Å². The SMILES string of the molecule is N#Cc1c(NS(=O)(=O)N2CC[C@@H](F)C2)ccc(F)c1Oc1ccc2ncn(-c3ccc(N4CCN(CC5(F)CCN(c6ccc7c(c6)CN([C@H]6CCC(=O)NC6=O)C7=O)CC5)CC4)cc3)c(=O)c2c1. The highest BCUT2D eigenvalue weighted by Gasteiger charge is 2.41. The number of piperazine rings is 1. The maximum Gasteiger partial charge on any atom is 0.301 e. The zero-order valence-corrected chi connectivity index (χ0v) is 38.1. The molecule has 4 fully saturated rings. The molecular weight excluding hydrogens is 918 g/mol. The number of aromatic nitrogens is 2. The Balaban J connectivity index is 0.743. The first-order valence-electron chi connectivity index (χ1n) is 22.8. The van der Waals surface area contributed by atoms with Crippen molar-refractivity contribution in [1.82, 2.24) is 29.0 Å². The van der Waals surface area contributed by atoms with Crippen LogP contribution in [0.25, 0.3) is 16.6 Å². The number of alkyl halides is 2. The summed E-state index contributed by atoms with van der Waals surface area (Å²) in [7, 11) is -4.25. The lowest BCUT2D eigenvalue weighted by molar-refractivity contribution is -0.136. The van der Waals surface area contributed by atoms with E-state index in [9.17, 15) is 37.2 Å². The third-order valence-corrected chi connectivity index (χ3v) is 15.2. The summed E-state index contributed by atoms with van der Waals surface area (Å²) < 4.78 is 81.5. The second-order valence-electron chi connectivity index (χ2n) is 18.1. The molecule has 4 saturated heterocycles. The second kappa shape index (κ2) is 18.1. The van der Waals surface area contributed by atoms with Crippen LogP contribution in [-0.4, -0.2) is 127 Å². The number of imide groups is 1. The number of amides is 3. The van der Waals surface area contributed by atoms with Crippen molar-refractivity contribution < 1.29 is 40.7 Å².